The minimum Gasteiger partial charge on any atom is -0.478 e. The van der Waals surface area contributed by atoms with E-state index >= 15 is 0 Å². The molecule has 2 unspecified atom stereocenters. The number of fused-ring (bicyclic) bond motifs is 1. The lowest BCUT2D eigenvalue weighted by Gasteiger charge is -2.24. The second-order valence-electron chi connectivity index (χ2n) is 6.38. The van der Waals surface area contributed by atoms with Gasteiger partial charge in [-0.05, 0) is 62.1 Å². The molecule has 2 aliphatic rings. The lowest BCUT2D eigenvalue weighted by molar-refractivity contribution is -0.162. The number of rotatable bonds is 6. The van der Waals surface area contributed by atoms with Crippen LogP contribution < -0.4 is 4.74 Å². The van der Waals surface area contributed by atoms with Gasteiger partial charge in [-0.15, -0.1) is 0 Å². The largest absolute Gasteiger partial charge is 0.478 e. The molecule has 0 spiro atoms. The summed E-state index contributed by atoms with van der Waals surface area (Å²) in [6.45, 7) is 1.55. The molecule has 5 heteroatoms. The van der Waals surface area contributed by atoms with E-state index in [1.807, 2.05) is 6.07 Å². The van der Waals surface area contributed by atoms with Crippen LogP contribution in [-0.2, 0) is 31.8 Å². The van der Waals surface area contributed by atoms with Gasteiger partial charge in [0.05, 0.1) is 13.7 Å². The first-order valence-corrected chi connectivity index (χ1v) is 8.86. The van der Waals surface area contributed by atoms with E-state index in [2.05, 4.69) is 12.1 Å². The van der Waals surface area contributed by atoms with Gasteiger partial charge in [-0.1, -0.05) is 12.1 Å². The van der Waals surface area contributed by atoms with Gasteiger partial charge in [0.25, 0.3) is 0 Å². The van der Waals surface area contributed by atoms with Gasteiger partial charge in [0.1, 0.15) is 5.75 Å². The highest BCUT2D eigenvalue weighted by molar-refractivity contribution is 5.75. The van der Waals surface area contributed by atoms with Crippen molar-refractivity contribution in [1.29, 1.82) is 0 Å². The Bertz CT molecular complexity index is 551. The molecule has 0 bridgehead atoms. The molecule has 1 fully saturated rings. The highest BCUT2D eigenvalue weighted by Gasteiger charge is 2.26. The fourth-order valence-corrected chi connectivity index (χ4v) is 3.23. The van der Waals surface area contributed by atoms with Crippen LogP contribution in [0.3, 0.4) is 0 Å². The number of hydrogen-bond acceptors (Lipinski definition) is 5. The van der Waals surface area contributed by atoms with Crippen LogP contribution in [0.1, 0.15) is 43.2 Å². The SMILES string of the molecule is COC(=O)C1CCc2cc(CCCOC3CCCCO3)ccc2O1. The number of methoxy groups -OCH3 is 1. The van der Waals surface area contributed by atoms with Crippen LogP contribution in [0.25, 0.3) is 0 Å². The maximum Gasteiger partial charge on any atom is 0.347 e. The van der Waals surface area contributed by atoms with Crippen molar-refractivity contribution >= 4 is 5.97 Å². The standard InChI is InChI=1S/C19H26O5/c1-21-19(20)17-10-8-15-13-14(7-9-16(15)24-17)5-4-12-23-18-6-2-3-11-22-18/h7,9,13,17-18H,2-6,8,10-12H2,1H3. The molecular weight excluding hydrogens is 308 g/mol. The molecule has 132 valence electrons. The number of hydrogen-bond donors (Lipinski definition) is 0. The lowest BCUT2D eigenvalue weighted by Crippen LogP contribution is -2.32. The summed E-state index contributed by atoms with van der Waals surface area (Å²) in [7, 11) is 1.39. The van der Waals surface area contributed by atoms with Crippen molar-refractivity contribution in [3.8, 4) is 5.75 Å². The van der Waals surface area contributed by atoms with Crippen molar-refractivity contribution in [3.63, 3.8) is 0 Å². The third kappa shape index (κ3) is 4.48. The first kappa shape index (κ1) is 17.2. The Labute approximate surface area is 143 Å². The van der Waals surface area contributed by atoms with E-state index in [0.29, 0.717) is 6.42 Å². The van der Waals surface area contributed by atoms with Crippen molar-refractivity contribution < 1.29 is 23.7 Å². The molecule has 1 aromatic rings. The molecule has 2 aliphatic heterocycles. The first-order valence-electron chi connectivity index (χ1n) is 8.86. The Morgan fingerprint density at radius 3 is 3.00 bits per heavy atom. The molecule has 2 heterocycles. The number of carbonyl (C=O) groups excluding carboxylic acids is 1. The quantitative estimate of drug-likeness (QED) is 0.591. The van der Waals surface area contributed by atoms with Crippen LogP contribution in [0.4, 0.5) is 0 Å². The van der Waals surface area contributed by atoms with Gasteiger partial charge < -0.3 is 18.9 Å². The average molecular weight is 334 g/mol. The van der Waals surface area contributed by atoms with Gasteiger partial charge in [-0.3, -0.25) is 0 Å². The molecule has 0 aliphatic carbocycles. The maximum atomic E-state index is 11.6. The van der Waals surface area contributed by atoms with E-state index in [-0.39, 0.29) is 12.3 Å². The topological polar surface area (TPSA) is 54.0 Å². The number of ether oxygens (including phenoxy) is 4. The number of aryl methyl sites for hydroxylation is 2. The molecule has 0 aromatic heterocycles. The highest BCUT2D eigenvalue weighted by Crippen LogP contribution is 2.29. The van der Waals surface area contributed by atoms with Crippen LogP contribution in [0, 0.1) is 0 Å². The fraction of sp³-hybridized carbons (Fsp3) is 0.632. The number of benzene rings is 1. The summed E-state index contributed by atoms with van der Waals surface area (Å²) >= 11 is 0. The molecular formula is C19H26O5. The Balaban J connectivity index is 1.45. The summed E-state index contributed by atoms with van der Waals surface area (Å²) in [5.41, 5.74) is 2.45. The molecule has 0 radical (unpaired) electrons. The molecule has 1 aromatic carbocycles. The second-order valence-corrected chi connectivity index (χ2v) is 6.38. The Hall–Kier alpha value is -1.59. The minimum atomic E-state index is -0.475. The molecule has 0 N–H and O–H groups in total. The van der Waals surface area contributed by atoms with E-state index in [0.717, 1.165) is 51.1 Å². The van der Waals surface area contributed by atoms with E-state index in [4.69, 9.17) is 18.9 Å². The van der Waals surface area contributed by atoms with Gasteiger partial charge >= 0.3 is 5.97 Å². The molecule has 0 amide bonds. The van der Waals surface area contributed by atoms with Gasteiger partial charge in [-0.2, -0.15) is 0 Å². The van der Waals surface area contributed by atoms with Crippen LogP contribution in [0.2, 0.25) is 0 Å². The molecule has 2 atom stereocenters. The van der Waals surface area contributed by atoms with E-state index < -0.39 is 6.10 Å². The average Bonchev–Trinajstić information content (AvgIpc) is 2.65. The number of esters is 1. The Morgan fingerprint density at radius 1 is 1.29 bits per heavy atom. The third-order valence-electron chi connectivity index (χ3n) is 4.59. The van der Waals surface area contributed by atoms with Gasteiger partial charge in [0.15, 0.2) is 12.4 Å². The predicted octanol–water partition coefficient (Wildman–Crippen LogP) is 3.03. The molecule has 3 rings (SSSR count). The fourth-order valence-electron chi connectivity index (χ4n) is 3.23. The summed E-state index contributed by atoms with van der Waals surface area (Å²) in [6, 6.07) is 6.21. The van der Waals surface area contributed by atoms with E-state index in [1.54, 1.807) is 0 Å². The lowest BCUT2D eigenvalue weighted by atomic mass is 9.98. The smallest absolute Gasteiger partial charge is 0.347 e. The minimum absolute atomic E-state index is 0.00839. The van der Waals surface area contributed by atoms with Crippen LogP contribution in [0.5, 0.6) is 5.75 Å². The van der Waals surface area contributed by atoms with Crippen molar-refractivity contribution in [2.45, 2.75) is 57.3 Å². The van der Waals surface area contributed by atoms with E-state index in [1.165, 1.54) is 24.7 Å². The normalized spacial score (nSPS) is 23.2. The summed E-state index contributed by atoms with van der Waals surface area (Å²) in [4.78, 5) is 11.6. The number of carbonyl (C=O) groups is 1. The molecule has 1 saturated heterocycles. The molecule has 24 heavy (non-hydrogen) atoms. The summed E-state index contributed by atoms with van der Waals surface area (Å²) in [5, 5.41) is 0. The zero-order valence-electron chi connectivity index (χ0n) is 14.3. The molecule has 0 saturated carbocycles. The van der Waals surface area contributed by atoms with Crippen molar-refractivity contribution in [2.24, 2.45) is 0 Å². The summed E-state index contributed by atoms with van der Waals surface area (Å²) in [5.74, 6) is 0.499. The Morgan fingerprint density at radius 2 is 2.21 bits per heavy atom. The second kappa shape index (κ2) is 8.49. The monoisotopic (exact) mass is 334 g/mol. The first-order chi connectivity index (χ1) is 11.8. The third-order valence-corrected chi connectivity index (χ3v) is 4.59. The van der Waals surface area contributed by atoms with Crippen molar-refractivity contribution in [3.05, 3.63) is 29.3 Å². The van der Waals surface area contributed by atoms with Crippen LogP contribution >= 0.6 is 0 Å². The van der Waals surface area contributed by atoms with Crippen molar-refractivity contribution in [1.82, 2.24) is 0 Å². The zero-order chi connectivity index (χ0) is 16.8. The van der Waals surface area contributed by atoms with Gasteiger partial charge in [0.2, 0.25) is 0 Å². The summed E-state index contributed by atoms with van der Waals surface area (Å²) in [6.07, 6.45) is 6.34. The van der Waals surface area contributed by atoms with Crippen LogP contribution in [0.15, 0.2) is 18.2 Å². The van der Waals surface area contributed by atoms with Gasteiger partial charge in [0, 0.05) is 6.61 Å². The van der Waals surface area contributed by atoms with Crippen LogP contribution in [-0.4, -0.2) is 38.7 Å². The van der Waals surface area contributed by atoms with E-state index in [9.17, 15) is 4.79 Å². The predicted molar refractivity (Wildman–Crippen MR) is 89.1 cm³/mol. The Kier molecular flexibility index (Phi) is 6.10. The highest BCUT2D eigenvalue weighted by atomic mass is 16.7. The van der Waals surface area contributed by atoms with Gasteiger partial charge in [-0.25, -0.2) is 4.79 Å². The zero-order valence-corrected chi connectivity index (χ0v) is 14.3. The molecule has 5 nitrogen and oxygen atoms in total. The summed E-state index contributed by atoms with van der Waals surface area (Å²) < 4.78 is 21.8. The van der Waals surface area contributed by atoms with Crippen molar-refractivity contribution in [2.75, 3.05) is 20.3 Å². The maximum absolute atomic E-state index is 11.6.